The topological polar surface area (TPSA) is 83.1 Å². The van der Waals surface area contributed by atoms with Crippen molar-refractivity contribution in [2.24, 2.45) is 0 Å². The van der Waals surface area contributed by atoms with Crippen LogP contribution in [0.2, 0.25) is 0 Å². The number of nitrogens with one attached hydrogen (secondary N) is 3. The number of pyridine rings is 1. The first-order valence-electron chi connectivity index (χ1n) is 8.12. The van der Waals surface area contributed by atoms with Crippen LogP contribution in [-0.4, -0.2) is 35.3 Å². The lowest BCUT2D eigenvalue weighted by Gasteiger charge is -2.11. The zero-order valence-electron chi connectivity index (χ0n) is 13.8. The highest BCUT2D eigenvalue weighted by atomic mass is 19.3. The number of alkyl halides is 2. The van der Waals surface area contributed by atoms with Gasteiger partial charge in [0, 0.05) is 24.7 Å². The molecule has 1 aliphatic heterocycles. The molecular formula is C18H18F2N4O2. The SMILES string of the molecule is O=C(Nc1cccnc1)c1ccc(CNC(=O)C2CC(F)(F)CN2)cc1. The van der Waals surface area contributed by atoms with Crippen LogP contribution in [0.25, 0.3) is 0 Å². The zero-order valence-corrected chi connectivity index (χ0v) is 13.8. The Morgan fingerprint density at radius 1 is 1.23 bits per heavy atom. The lowest BCUT2D eigenvalue weighted by Crippen LogP contribution is -2.40. The average molecular weight is 360 g/mol. The molecule has 1 atom stereocenters. The van der Waals surface area contributed by atoms with E-state index in [4.69, 9.17) is 0 Å². The Labute approximate surface area is 149 Å². The summed E-state index contributed by atoms with van der Waals surface area (Å²) in [7, 11) is 0. The van der Waals surface area contributed by atoms with Gasteiger partial charge in [-0.25, -0.2) is 8.78 Å². The molecular weight excluding hydrogens is 342 g/mol. The van der Waals surface area contributed by atoms with Gasteiger partial charge < -0.3 is 10.6 Å². The van der Waals surface area contributed by atoms with Crippen molar-refractivity contribution in [3.8, 4) is 0 Å². The third-order valence-electron chi connectivity index (χ3n) is 4.03. The zero-order chi connectivity index (χ0) is 18.6. The first-order valence-corrected chi connectivity index (χ1v) is 8.12. The maximum atomic E-state index is 13.1. The summed E-state index contributed by atoms with van der Waals surface area (Å²) < 4.78 is 26.2. The van der Waals surface area contributed by atoms with E-state index < -0.39 is 30.8 Å². The van der Waals surface area contributed by atoms with E-state index in [1.54, 1.807) is 48.8 Å². The van der Waals surface area contributed by atoms with E-state index >= 15 is 0 Å². The molecule has 3 N–H and O–H groups in total. The van der Waals surface area contributed by atoms with E-state index in [0.29, 0.717) is 11.3 Å². The van der Waals surface area contributed by atoms with Crippen LogP contribution < -0.4 is 16.0 Å². The second-order valence-electron chi connectivity index (χ2n) is 6.10. The number of hydrogen-bond acceptors (Lipinski definition) is 4. The number of amides is 2. The van der Waals surface area contributed by atoms with Crippen molar-refractivity contribution < 1.29 is 18.4 Å². The van der Waals surface area contributed by atoms with Crippen LogP contribution in [0.3, 0.4) is 0 Å². The molecule has 2 heterocycles. The van der Waals surface area contributed by atoms with E-state index in [0.717, 1.165) is 5.56 Å². The molecule has 2 amide bonds. The summed E-state index contributed by atoms with van der Waals surface area (Å²) in [5.41, 5.74) is 1.82. The number of carbonyl (C=O) groups is 2. The number of aromatic nitrogens is 1. The number of carbonyl (C=O) groups excluding carboxylic acids is 2. The molecule has 0 aliphatic carbocycles. The fourth-order valence-corrected chi connectivity index (χ4v) is 2.63. The van der Waals surface area contributed by atoms with Crippen LogP contribution in [0.15, 0.2) is 48.8 Å². The molecule has 1 fully saturated rings. The van der Waals surface area contributed by atoms with Crippen molar-refractivity contribution in [3.05, 3.63) is 59.9 Å². The molecule has 8 heteroatoms. The molecule has 1 aromatic heterocycles. The van der Waals surface area contributed by atoms with Gasteiger partial charge in [0.1, 0.15) is 0 Å². The van der Waals surface area contributed by atoms with Gasteiger partial charge in [-0.15, -0.1) is 0 Å². The first kappa shape index (κ1) is 17.9. The second-order valence-corrected chi connectivity index (χ2v) is 6.10. The van der Waals surface area contributed by atoms with Gasteiger partial charge in [0.25, 0.3) is 11.8 Å². The number of nitrogens with zero attached hydrogens (tertiary/aromatic N) is 1. The maximum Gasteiger partial charge on any atom is 0.262 e. The molecule has 3 rings (SSSR count). The highest BCUT2D eigenvalue weighted by Gasteiger charge is 2.42. The minimum absolute atomic E-state index is 0.201. The summed E-state index contributed by atoms with van der Waals surface area (Å²) in [6.45, 7) is -0.279. The minimum atomic E-state index is -2.84. The molecule has 0 spiro atoms. The predicted molar refractivity (Wildman–Crippen MR) is 91.8 cm³/mol. The van der Waals surface area contributed by atoms with Crippen LogP contribution in [0.4, 0.5) is 14.5 Å². The summed E-state index contributed by atoms with van der Waals surface area (Å²) in [6.07, 6.45) is 2.66. The maximum absolute atomic E-state index is 13.1. The van der Waals surface area contributed by atoms with Gasteiger partial charge in [-0.1, -0.05) is 12.1 Å². The van der Waals surface area contributed by atoms with E-state index in [-0.39, 0.29) is 12.5 Å². The van der Waals surface area contributed by atoms with Crippen LogP contribution in [0.5, 0.6) is 0 Å². The Hall–Kier alpha value is -2.87. The van der Waals surface area contributed by atoms with Gasteiger partial charge in [0.05, 0.1) is 24.5 Å². The van der Waals surface area contributed by atoms with E-state index in [1.165, 1.54) is 0 Å². The third-order valence-corrected chi connectivity index (χ3v) is 4.03. The molecule has 1 aliphatic rings. The van der Waals surface area contributed by atoms with Crippen molar-refractivity contribution in [2.45, 2.75) is 24.9 Å². The number of anilines is 1. The predicted octanol–water partition coefficient (Wildman–Crippen LogP) is 1.95. The first-order chi connectivity index (χ1) is 12.4. The summed E-state index contributed by atoms with van der Waals surface area (Å²) in [6, 6.07) is 9.25. The summed E-state index contributed by atoms with van der Waals surface area (Å²) in [5.74, 6) is -3.57. The Bertz CT molecular complexity index is 782. The summed E-state index contributed by atoms with van der Waals surface area (Å²) in [5, 5.41) is 7.86. The average Bonchev–Trinajstić information content (AvgIpc) is 3.01. The third kappa shape index (κ3) is 4.60. The molecule has 136 valence electrons. The van der Waals surface area contributed by atoms with Gasteiger partial charge in [-0.2, -0.15) is 0 Å². The van der Waals surface area contributed by atoms with Gasteiger partial charge in [0.2, 0.25) is 5.91 Å². The van der Waals surface area contributed by atoms with Crippen molar-refractivity contribution in [2.75, 3.05) is 11.9 Å². The summed E-state index contributed by atoms with van der Waals surface area (Å²) in [4.78, 5) is 28.0. The molecule has 1 saturated heterocycles. The van der Waals surface area contributed by atoms with E-state index in [1.807, 2.05) is 0 Å². The Morgan fingerprint density at radius 3 is 2.62 bits per heavy atom. The van der Waals surface area contributed by atoms with Crippen molar-refractivity contribution >= 4 is 17.5 Å². The molecule has 0 bridgehead atoms. The number of halogens is 2. The fraction of sp³-hybridized carbons (Fsp3) is 0.278. The normalized spacial score (nSPS) is 18.3. The largest absolute Gasteiger partial charge is 0.351 e. The monoisotopic (exact) mass is 360 g/mol. The van der Waals surface area contributed by atoms with Gasteiger partial charge in [-0.05, 0) is 29.8 Å². The standard InChI is InChI=1S/C18H18F2N4O2/c19-18(20)8-15(23-11-18)17(26)22-9-12-3-5-13(6-4-12)16(25)24-14-2-1-7-21-10-14/h1-7,10,15,23H,8-9,11H2,(H,22,26)(H,24,25). The van der Waals surface area contributed by atoms with Gasteiger partial charge in [0.15, 0.2) is 0 Å². The Balaban J connectivity index is 1.51. The van der Waals surface area contributed by atoms with E-state index in [9.17, 15) is 18.4 Å². The van der Waals surface area contributed by atoms with Crippen LogP contribution in [0.1, 0.15) is 22.3 Å². The fourth-order valence-electron chi connectivity index (χ4n) is 2.63. The number of benzene rings is 1. The van der Waals surface area contributed by atoms with Gasteiger partial charge >= 0.3 is 0 Å². The van der Waals surface area contributed by atoms with Crippen LogP contribution in [-0.2, 0) is 11.3 Å². The van der Waals surface area contributed by atoms with Gasteiger partial charge in [-0.3, -0.25) is 19.9 Å². The molecule has 6 nitrogen and oxygen atoms in total. The Kier molecular flexibility index (Phi) is 5.22. The molecule has 1 unspecified atom stereocenters. The number of hydrogen-bond donors (Lipinski definition) is 3. The Morgan fingerprint density at radius 2 is 2.00 bits per heavy atom. The highest BCUT2D eigenvalue weighted by Crippen LogP contribution is 2.25. The molecule has 1 aromatic carbocycles. The summed E-state index contributed by atoms with van der Waals surface area (Å²) >= 11 is 0. The molecule has 0 saturated carbocycles. The second kappa shape index (κ2) is 7.57. The van der Waals surface area contributed by atoms with Crippen LogP contribution in [0, 0.1) is 0 Å². The molecule has 26 heavy (non-hydrogen) atoms. The smallest absolute Gasteiger partial charge is 0.262 e. The van der Waals surface area contributed by atoms with Crippen molar-refractivity contribution in [3.63, 3.8) is 0 Å². The van der Waals surface area contributed by atoms with E-state index in [2.05, 4.69) is 20.9 Å². The highest BCUT2D eigenvalue weighted by molar-refractivity contribution is 6.04. The lowest BCUT2D eigenvalue weighted by molar-refractivity contribution is -0.123. The molecule has 2 aromatic rings. The van der Waals surface area contributed by atoms with Crippen LogP contribution >= 0.6 is 0 Å². The minimum Gasteiger partial charge on any atom is -0.351 e. The quantitative estimate of drug-likeness (QED) is 0.761. The lowest BCUT2D eigenvalue weighted by atomic mass is 10.1. The van der Waals surface area contributed by atoms with Crippen molar-refractivity contribution in [1.29, 1.82) is 0 Å². The van der Waals surface area contributed by atoms with Crippen molar-refractivity contribution in [1.82, 2.24) is 15.6 Å². The molecule has 0 radical (unpaired) electrons. The number of rotatable bonds is 5.